The lowest BCUT2D eigenvalue weighted by Gasteiger charge is -2.25. The number of aliphatic hydroxyl groups is 1. The zero-order valence-corrected chi connectivity index (χ0v) is 13.1. The molecule has 0 aliphatic heterocycles. The fourth-order valence-corrected chi connectivity index (χ4v) is 2.52. The summed E-state index contributed by atoms with van der Waals surface area (Å²) in [5.41, 5.74) is -3.22. The number of rotatable bonds is 3. The van der Waals surface area contributed by atoms with Crippen molar-refractivity contribution in [2.75, 3.05) is 14.2 Å². The first-order valence-electron chi connectivity index (χ1n) is 6.72. The van der Waals surface area contributed by atoms with E-state index in [0.29, 0.717) is 0 Å². The number of methoxy groups -OCH3 is 2. The lowest BCUT2D eigenvalue weighted by molar-refractivity contribution is -0.138. The Hall–Kier alpha value is -2.15. The van der Waals surface area contributed by atoms with E-state index >= 15 is 0 Å². The third kappa shape index (κ3) is 3.01. The van der Waals surface area contributed by atoms with Gasteiger partial charge in [0.1, 0.15) is 5.75 Å². The fraction of sp³-hybridized carbons (Fsp3) is 0.375. The van der Waals surface area contributed by atoms with E-state index < -0.39 is 22.9 Å². The first kappa shape index (κ1) is 17.2. The first-order valence-corrected chi connectivity index (χ1v) is 6.72. The van der Waals surface area contributed by atoms with E-state index in [-0.39, 0.29) is 28.0 Å². The van der Waals surface area contributed by atoms with Crippen LogP contribution in [0.25, 0.3) is 10.8 Å². The zero-order chi connectivity index (χ0) is 17.6. The molecule has 126 valence electrons. The fourth-order valence-electron chi connectivity index (χ4n) is 2.52. The van der Waals surface area contributed by atoms with Crippen LogP contribution < -0.4 is 9.47 Å². The molecule has 0 bridgehead atoms. The summed E-state index contributed by atoms with van der Waals surface area (Å²) in [7, 11) is 2.65. The topological polar surface area (TPSA) is 58.9 Å². The standard InChI is InChI=1S/C16H17F3O4/c1-15(2,21)10-7-11(20)8-5-12(22-3)13(23-4)6-9(8)14(10)16(17,18)19/h5-7,20-21H,1-4H3. The Kier molecular flexibility index (Phi) is 4.11. The van der Waals surface area contributed by atoms with Crippen molar-refractivity contribution in [1.29, 1.82) is 0 Å². The van der Waals surface area contributed by atoms with Gasteiger partial charge in [-0.05, 0) is 37.6 Å². The number of hydrogen-bond donors (Lipinski definition) is 2. The molecule has 0 amide bonds. The van der Waals surface area contributed by atoms with Crippen molar-refractivity contribution in [3.8, 4) is 17.2 Å². The molecule has 2 aromatic rings. The van der Waals surface area contributed by atoms with E-state index in [2.05, 4.69) is 0 Å². The van der Waals surface area contributed by atoms with Crippen LogP contribution in [0.4, 0.5) is 13.2 Å². The highest BCUT2D eigenvalue weighted by Crippen LogP contribution is 2.46. The van der Waals surface area contributed by atoms with E-state index in [9.17, 15) is 23.4 Å². The molecule has 0 heterocycles. The molecule has 0 spiro atoms. The monoisotopic (exact) mass is 330 g/mol. The molecule has 0 aliphatic carbocycles. The molecule has 0 saturated heterocycles. The van der Waals surface area contributed by atoms with Crippen molar-refractivity contribution >= 4 is 10.8 Å². The highest BCUT2D eigenvalue weighted by molar-refractivity contribution is 5.95. The molecule has 2 N–H and O–H groups in total. The van der Waals surface area contributed by atoms with Crippen LogP contribution in [0.2, 0.25) is 0 Å². The second-order valence-electron chi connectivity index (χ2n) is 5.63. The molecule has 0 atom stereocenters. The van der Waals surface area contributed by atoms with Crippen LogP contribution in [0.15, 0.2) is 18.2 Å². The van der Waals surface area contributed by atoms with Gasteiger partial charge in [0.05, 0.1) is 25.4 Å². The first-order chi connectivity index (χ1) is 10.5. The normalized spacial score (nSPS) is 12.5. The molecule has 0 unspecified atom stereocenters. The van der Waals surface area contributed by atoms with Crippen molar-refractivity contribution in [2.45, 2.75) is 25.6 Å². The number of halogens is 3. The Balaban J connectivity index is 3.02. The van der Waals surface area contributed by atoms with Crippen LogP contribution in [0, 0.1) is 0 Å². The van der Waals surface area contributed by atoms with Gasteiger partial charge in [0.15, 0.2) is 11.5 Å². The van der Waals surface area contributed by atoms with E-state index in [1.165, 1.54) is 34.1 Å². The van der Waals surface area contributed by atoms with Gasteiger partial charge < -0.3 is 19.7 Å². The Morgan fingerprint density at radius 3 is 1.78 bits per heavy atom. The molecular weight excluding hydrogens is 313 g/mol. The van der Waals surface area contributed by atoms with Gasteiger partial charge >= 0.3 is 6.18 Å². The van der Waals surface area contributed by atoms with E-state index in [4.69, 9.17) is 9.47 Å². The second kappa shape index (κ2) is 5.49. The molecule has 0 radical (unpaired) electrons. The lowest BCUT2D eigenvalue weighted by atomic mass is 9.88. The van der Waals surface area contributed by atoms with Crippen LogP contribution in [-0.4, -0.2) is 24.4 Å². The summed E-state index contributed by atoms with van der Waals surface area (Å²) in [5, 5.41) is 19.9. The molecule has 0 fully saturated rings. The third-order valence-corrected chi connectivity index (χ3v) is 3.56. The van der Waals surface area contributed by atoms with Crippen molar-refractivity contribution < 1.29 is 32.9 Å². The highest BCUT2D eigenvalue weighted by Gasteiger charge is 2.40. The smallest absolute Gasteiger partial charge is 0.417 e. The zero-order valence-electron chi connectivity index (χ0n) is 13.1. The molecule has 0 aromatic heterocycles. The maximum absolute atomic E-state index is 13.6. The molecular formula is C16H17F3O4. The molecule has 7 heteroatoms. The minimum atomic E-state index is -4.72. The molecule has 0 aliphatic rings. The number of benzene rings is 2. The van der Waals surface area contributed by atoms with Gasteiger partial charge in [-0.25, -0.2) is 0 Å². The van der Waals surface area contributed by atoms with Gasteiger partial charge in [0.2, 0.25) is 0 Å². The largest absolute Gasteiger partial charge is 0.507 e. The van der Waals surface area contributed by atoms with Gasteiger partial charge in [0, 0.05) is 10.8 Å². The number of phenolic OH excluding ortho intramolecular Hbond substituents is 1. The summed E-state index contributed by atoms with van der Waals surface area (Å²) in [4.78, 5) is 0. The predicted octanol–water partition coefficient (Wildman–Crippen LogP) is 3.81. The van der Waals surface area contributed by atoms with E-state index in [1.807, 2.05) is 0 Å². The van der Waals surface area contributed by atoms with Crippen molar-refractivity contribution in [3.05, 3.63) is 29.3 Å². The van der Waals surface area contributed by atoms with Gasteiger partial charge in [-0.3, -0.25) is 0 Å². The van der Waals surface area contributed by atoms with Gasteiger partial charge in [0.25, 0.3) is 0 Å². The molecule has 2 aromatic carbocycles. The quantitative estimate of drug-likeness (QED) is 0.898. The lowest BCUT2D eigenvalue weighted by Crippen LogP contribution is -2.22. The van der Waals surface area contributed by atoms with E-state index in [0.717, 1.165) is 12.1 Å². The number of aromatic hydroxyl groups is 1. The number of fused-ring (bicyclic) bond motifs is 1. The minimum Gasteiger partial charge on any atom is -0.507 e. The summed E-state index contributed by atoms with van der Waals surface area (Å²) >= 11 is 0. The molecule has 0 saturated carbocycles. The number of phenols is 1. The highest BCUT2D eigenvalue weighted by atomic mass is 19.4. The molecule has 23 heavy (non-hydrogen) atoms. The van der Waals surface area contributed by atoms with Gasteiger partial charge in [-0.15, -0.1) is 0 Å². The Bertz CT molecular complexity index is 746. The number of alkyl halides is 3. The van der Waals surface area contributed by atoms with Crippen LogP contribution in [0.3, 0.4) is 0 Å². The van der Waals surface area contributed by atoms with E-state index in [1.54, 1.807) is 0 Å². The number of ether oxygens (including phenoxy) is 2. The summed E-state index contributed by atoms with van der Waals surface area (Å²) < 4.78 is 50.9. The maximum Gasteiger partial charge on any atom is 0.417 e. The van der Waals surface area contributed by atoms with Crippen LogP contribution in [0.5, 0.6) is 17.2 Å². The van der Waals surface area contributed by atoms with Crippen molar-refractivity contribution in [2.24, 2.45) is 0 Å². The minimum absolute atomic E-state index is 0.0389. The predicted molar refractivity (Wildman–Crippen MR) is 79.0 cm³/mol. The van der Waals surface area contributed by atoms with Crippen LogP contribution in [-0.2, 0) is 11.8 Å². The molecule has 4 nitrogen and oxygen atoms in total. The third-order valence-electron chi connectivity index (χ3n) is 3.56. The number of hydrogen-bond acceptors (Lipinski definition) is 4. The maximum atomic E-state index is 13.6. The molecule has 2 rings (SSSR count). The Labute approximate surface area is 131 Å². The SMILES string of the molecule is COc1cc2c(O)cc(C(C)(C)O)c(C(F)(F)F)c2cc1OC. The average Bonchev–Trinajstić information content (AvgIpc) is 2.43. The Morgan fingerprint density at radius 1 is 0.913 bits per heavy atom. The summed E-state index contributed by atoms with van der Waals surface area (Å²) in [6.07, 6.45) is -4.72. The van der Waals surface area contributed by atoms with Crippen LogP contribution >= 0.6 is 0 Å². The van der Waals surface area contributed by atoms with Crippen molar-refractivity contribution in [1.82, 2.24) is 0 Å². The van der Waals surface area contributed by atoms with Gasteiger partial charge in [-0.2, -0.15) is 13.2 Å². The Morgan fingerprint density at radius 2 is 1.39 bits per heavy atom. The summed E-state index contributed by atoms with van der Waals surface area (Å²) in [6, 6.07) is 3.34. The van der Waals surface area contributed by atoms with Gasteiger partial charge in [-0.1, -0.05) is 0 Å². The second-order valence-corrected chi connectivity index (χ2v) is 5.63. The van der Waals surface area contributed by atoms with Crippen LogP contribution in [0.1, 0.15) is 25.0 Å². The summed E-state index contributed by atoms with van der Waals surface area (Å²) in [6.45, 7) is 2.45. The van der Waals surface area contributed by atoms with Crippen molar-refractivity contribution in [3.63, 3.8) is 0 Å². The average molecular weight is 330 g/mol. The summed E-state index contributed by atoms with van der Waals surface area (Å²) in [5.74, 6) is -0.0942.